The van der Waals surface area contributed by atoms with E-state index in [4.69, 9.17) is 4.74 Å². The lowest BCUT2D eigenvalue weighted by atomic mass is 10.1. The monoisotopic (exact) mass is 439 g/mol. The third-order valence-electron chi connectivity index (χ3n) is 4.44. The number of amides is 2. The lowest BCUT2D eigenvalue weighted by Crippen LogP contribution is -2.35. The standard InChI is InChI=1S/C22H21N3O5S/c1-14(26)23-18-12-15(8-10-20(18)31-2)19(27)13-30-22(29)17-9-11-21(28)25(24-17)16-6-4-3-5-7-16/h3-8,10,12H,9,11,13H2,1-2H3,(H,23,26). The van der Waals surface area contributed by atoms with E-state index in [0.717, 1.165) is 4.90 Å². The second kappa shape index (κ2) is 10.0. The van der Waals surface area contributed by atoms with Gasteiger partial charge in [-0.2, -0.15) is 5.10 Å². The zero-order valence-electron chi connectivity index (χ0n) is 17.1. The van der Waals surface area contributed by atoms with Crippen LogP contribution in [0.1, 0.15) is 30.1 Å². The fourth-order valence-electron chi connectivity index (χ4n) is 2.94. The molecule has 0 aliphatic carbocycles. The Bertz CT molecular complexity index is 1050. The minimum atomic E-state index is -0.746. The molecule has 0 bridgehead atoms. The molecule has 160 valence electrons. The third-order valence-corrected chi connectivity index (χ3v) is 5.23. The summed E-state index contributed by atoms with van der Waals surface area (Å²) in [6.07, 6.45) is 2.12. The number of rotatable bonds is 7. The predicted molar refractivity (Wildman–Crippen MR) is 118 cm³/mol. The maximum Gasteiger partial charge on any atom is 0.354 e. The summed E-state index contributed by atoms with van der Waals surface area (Å²) in [5.74, 6) is -1.64. The molecule has 0 saturated carbocycles. The molecule has 31 heavy (non-hydrogen) atoms. The van der Waals surface area contributed by atoms with Crippen LogP contribution in [-0.4, -0.2) is 42.1 Å². The highest BCUT2D eigenvalue weighted by Crippen LogP contribution is 2.27. The van der Waals surface area contributed by atoms with E-state index < -0.39 is 18.4 Å². The van der Waals surface area contributed by atoms with E-state index in [-0.39, 0.29) is 30.4 Å². The van der Waals surface area contributed by atoms with E-state index >= 15 is 0 Å². The topological polar surface area (TPSA) is 105 Å². The number of nitrogens with one attached hydrogen (secondary N) is 1. The van der Waals surface area contributed by atoms with Gasteiger partial charge in [-0.1, -0.05) is 24.3 Å². The van der Waals surface area contributed by atoms with Crippen LogP contribution in [0.5, 0.6) is 0 Å². The first-order valence-corrected chi connectivity index (χ1v) is 10.7. The molecule has 0 radical (unpaired) electrons. The van der Waals surface area contributed by atoms with Crippen LogP contribution in [0.4, 0.5) is 11.4 Å². The van der Waals surface area contributed by atoms with Gasteiger partial charge in [-0.15, -0.1) is 11.8 Å². The number of ketones is 1. The Hall–Kier alpha value is -3.46. The zero-order chi connectivity index (χ0) is 22.4. The van der Waals surface area contributed by atoms with Crippen LogP contribution in [0.2, 0.25) is 0 Å². The van der Waals surface area contributed by atoms with E-state index in [1.54, 1.807) is 42.5 Å². The Morgan fingerprint density at radius 3 is 2.55 bits per heavy atom. The zero-order valence-corrected chi connectivity index (χ0v) is 17.9. The molecule has 0 fully saturated rings. The number of hydrazone groups is 1. The van der Waals surface area contributed by atoms with E-state index in [9.17, 15) is 19.2 Å². The Labute approximate surface area is 183 Å². The van der Waals surface area contributed by atoms with Crippen molar-refractivity contribution in [3.63, 3.8) is 0 Å². The van der Waals surface area contributed by atoms with Crippen LogP contribution >= 0.6 is 11.8 Å². The van der Waals surface area contributed by atoms with Crippen LogP contribution in [0, 0.1) is 0 Å². The van der Waals surface area contributed by atoms with Gasteiger partial charge in [-0.25, -0.2) is 9.80 Å². The predicted octanol–water partition coefficient (Wildman–Crippen LogP) is 3.28. The number of para-hydroxylation sites is 1. The molecule has 0 saturated heterocycles. The molecule has 1 aliphatic heterocycles. The SMILES string of the molecule is CSc1ccc(C(=O)COC(=O)C2=NN(c3ccccc3)C(=O)CC2)cc1NC(C)=O. The fraction of sp³-hybridized carbons (Fsp3) is 0.227. The first-order valence-electron chi connectivity index (χ1n) is 9.50. The third kappa shape index (κ3) is 5.58. The number of ether oxygens (including phenoxy) is 1. The van der Waals surface area contributed by atoms with Crippen LogP contribution in [0.25, 0.3) is 0 Å². The van der Waals surface area contributed by atoms with Gasteiger partial charge >= 0.3 is 5.97 Å². The van der Waals surface area contributed by atoms with Crippen molar-refractivity contribution in [1.29, 1.82) is 0 Å². The van der Waals surface area contributed by atoms with Crippen LogP contribution in [0.3, 0.4) is 0 Å². The first-order chi connectivity index (χ1) is 14.9. The maximum absolute atomic E-state index is 12.5. The lowest BCUT2D eigenvalue weighted by molar-refractivity contribution is -0.134. The van der Waals surface area contributed by atoms with Crippen molar-refractivity contribution < 1.29 is 23.9 Å². The molecule has 1 aliphatic rings. The highest BCUT2D eigenvalue weighted by molar-refractivity contribution is 7.98. The van der Waals surface area contributed by atoms with Gasteiger partial charge in [0.2, 0.25) is 11.8 Å². The summed E-state index contributed by atoms with van der Waals surface area (Å²) < 4.78 is 5.14. The minimum absolute atomic E-state index is 0.0768. The summed E-state index contributed by atoms with van der Waals surface area (Å²) >= 11 is 1.43. The van der Waals surface area contributed by atoms with Crippen molar-refractivity contribution >= 4 is 52.4 Å². The Balaban J connectivity index is 1.68. The lowest BCUT2D eigenvalue weighted by Gasteiger charge is -2.22. The number of hydrogen-bond acceptors (Lipinski definition) is 7. The number of Topliss-reactive ketones (excluding diaryl/α,β-unsaturated/α-hetero) is 1. The van der Waals surface area contributed by atoms with Crippen molar-refractivity contribution in [3.8, 4) is 0 Å². The van der Waals surface area contributed by atoms with Gasteiger partial charge in [-0.05, 0) is 30.5 Å². The molecular weight excluding hydrogens is 418 g/mol. The van der Waals surface area contributed by atoms with Gasteiger partial charge in [0.1, 0.15) is 5.71 Å². The quantitative estimate of drug-likeness (QED) is 0.403. The molecule has 0 unspecified atom stereocenters. The smallest absolute Gasteiger partial charge is 0.354 e. The first kappa shape index (κ1) is 22.2. The van der Waals surface area contributed by atoms with Gasteiger partial charge in [0.15, 0.2) is 12.4 Å². The van der Waals surface area contributed by atoms with Crippen LogP contribution < -0.4 is 10.3 Å². The summed E-state index contributed by atoms with van der Waals surface area (Å²) in [5, 5.41) is 7.97. The van der Waals surface area contributed by atoms with Gasteiger partial charge in [-0.3, -0.25) is 14.4 Å². The number of benzene rings is 2. The molecular formula is C22H21N3O5S. The number of esters is 1. The van der Waals surface area contributed by atoms with E-state index in [1.165, 1.54) is 23.7 Å². The number of hydrogen-bond donors (Lipinski definition) is 1. The number of carbonyl (C=O) groups is 4. The van der Waals surface area contributed by atoms with E-state index in [0.29, 0.717) is 16.9 Å². The average Bonchev–Trinajstić information content (AvgIpc) is 2.77. The molecule has 2 amide bonds. The Morgan fingerprint density at radius 1 is 1.13 bits per heavy atom. The highest BCUT2D eigenvalue weighted by Gasteiger charge is 2.27. The second-order valence-electron chi connectivity index (χ2n) is 6.68. The van der Waals surface area contributed by atoms with Crippen molar-refractivity contribution in [3.05, 3.63) is 54.1 Å². The van der Waals surface area contributed by atoms with Crippen molar-refractivity contribution in [1.82, 2.24) is 0 Å². The molecule has 3 rings (SSSR count). The Kier molecular flexibility index (Phi) is 7.19. The van der Waals surface area contributed by atoms with Gasteiger partial charge in [0, 0.05) is 30.2 Å². The highest BCUT2D eigenvalue weighted by atomic mass is 32.2. The summed E-state index contributed by atoms with van der Waals surface area (Å²) in [6.45, 7) is 0.907. The summed E-state index contributed by atoms with van der Waals surface area (Å²) in [4.78, 5) is 49.3. The molecule has 1 heterocycles. The second-order valence-corrected chi connectivity index (χ2v) is 7.53. The van der Waals surface area contributed by atoms with Crippen LogP contribution in [0.15, 0.2) is 58.5 Å². The van der Waals surface area contributed by atoms with Gasteiger partial charge < -0.3 is 10.1 Å². The summed E-state index contributed by atoms with van der Waals surface area (Å²) in [6, 6.07) is 13.7. The number of anilines is 2. The average molecular weight is 439 g/mol. The maximum atomic E-state index is 12.5. The van der Waals surface area contributed by atoms with E-state index in [2.05, 4.69) is 10.4 Å². The molecule has 8 nitrogen and oxygen atoms in total. The number of thioether (sulfide) groups is 1. The van der Waals surface area contributed by atoms with Gasteiger partial charge in [0.25, 0.3) is 0 Å². The Morgan fingerprint density at radius 2 is 1.87 bits per heavy atom. The molecule has 2 aromatic rings. The van der Waals surface area contributed by atoms with E-state index in [1.807, 2.05) is 12.3 Å². The largest absolute Gasteiger partial charge is 0.453 e. The number of nitrogens with zero attached hydrogens (tertiary/aromatic N) is 2. The van der Waals surface area contributed by atoms with Crippen molar-refractivity contribution in [2.45, 2.75) is 24.7 Å². The van der Waals surface area contributed by atoms with Gasteiger partial charge in [0.05, 0.1) is 11.4 Å². The molecule has 0 spiro atoms. The molecule has 1 N–H and O–H groups in total. The minimum Gasteiger partial charge on any atom is -0.453 e. The van der Waals surface area contributed by atoms with Crippen LogP contribution in [-0.2, 0) is 19.1 Å². The molecule has 0 aromatic heterocycles. The fourth-order valence-corrected chi connectivity index (χ4v) is 3.47. The molecule has 0 atom stereocenters. The summed E-state index contributed by atoms with van der Waals surface area (Å²) in [5.41, 5.74) is 1.45. The molecule has 2 aromatic carbocycles. The normalized spacial score (nSPS) is 13.4. The van der Waals surface area contributed by atoms with Crippen molar-refractivity contribution in [2.75, 3.05) is 23.2 Å². The van der Waals surface area contributed by atoms with Crippen molar-refractivity contribution in [2.24, 2.45) is 5.10 Å². The molecule has 9 heteroatoms. The summed E-state index contributed by atoms with van der Waals surface area (Å²) in [7, 11) is 0. The number of carbonyl (C=O) groups excluding carboxylic acids is 4.